The minimum Gasteiger partial charge on any atom is -0.870 e. The fraction of sp³-hybridized carbons (Fsp3) is 1.00. The van der Waals surface area contributed by atoms with Crippen LogP contribution in [0.15, 0.2) is 0 Å². The van der Waals surface area contributed by atoms with Crippen molar-refractivity contribution in [3.8, 4) is 0 Å². The molecule has 1 fully saturated rings. The molecule has 0 aliphatic carbocycles. The van der Waals surface area contributed by atoms with Gasteiger partial charge < -0.3 is 24.3 Å². The molecular formula is C26H56NO7P. The van der Waals surface area contributed by atoms with Crippen LogP contribution in [0.25, 0.3) is 0 Å². The molecule has 0 amide bonds. The van der Waals surface area contributed by atoms with Crippen molar-refractivity contribution in [2.75, 3.05) is 47.5 Å². The van der Waals surface area contributed by atoms with Gasteiger partial charge in [-0.15, -0.1) is 0 Å². The second-order valence-electron chi connectivity index (χ2n) is 10.9. The summed E-state index contributed by atoms with van der Waals surface area (Å²) in [6.45, 7) is 3.46. The van der Waals surface area contributed by atoms with Crippen molar-refractivity contribution in [3.63, 3.8) is 0 Å². The van der Waals surface area contributed by atoms with Gasteiger partial charge in [0.25, 0.3) is 0 Å². The molecule has 0 aromatic rings. The smallest absolute Gasteiger partial charge is 0.472 e. The van der Waals surface area contributed by atoms with Crippen molar-refractivity contribution in [3.05, 3.63) is 0 Å². The third-order valence-electron chi connectivity index (χ3n) is 6.30. The number of rotatable bonds is 23. The van der Waals surface area contributed by atoms with E-state index in [9.17, 15) is 9.46 Å². The Hall–Kier alpha value is -0.0500. The molecular weight excluding hydrogens is 469 g/mol. The van der Waals surface area contributed by atoms with E-state index in [-0.39, 0.29) is 31.1 Å². The summed E-state index contributed by atoms with van der Waals surface area (Å²) in [6, 6.07) is 0. The van der Waals surface area contributed by atoms with Crippen LogP contribution in [0.5, 0.6) is 0 Å². The lowest BCUT2D eigenvalue weighted by Gasteiger charge is -2.24. The molecule has 0 spiro atoms. The molecule has 9 heteroatoms. The summed E-state index contributed by atoms with van der Waals surface area (Å²) in [5.41, 5.74) is 0. The van der Waals surface area contributed by atoms with Gasteiger partial charge in [0.1, 0.15) is 19.3 Å². The molecule has 212 valence electrons. The number of quaternary nitrogens is 1. The summed E-state index contributed by atoms with van der Waals surface area (Å²) >= 11 is 0. The van der Waals surface area contributed by atoms with Gasteiger partial charge in [-0.25, -0.2) is 4.57 Å². The Balaban J connectivity index is 0.0000116. The van der Waals surface area contributed by atoms with E-state index in [2.05, 4.69) is 6.92 Å². The fourth-order valence-electron chi connectivity index (χ4n) is 4.07. The Morgan fingerprint density at radius 1 is 0.829 bits per heavy atom. The summed E-state index contributed by atoms with van der Waals surface area (Å²) < 4.78 is 34.2. The Bertz CT molecular complexity index is 530. The standard InChI is InChI=1S/C26H54NO6P.H2O/c1-5-6-7-8-9-10-11-12-13-14-15-16-17-18-19-20-26-30-23-25(33-26)24-32-34(28,29)31-22-21-27(2,3)4;/h25-26H,5-24H2,1-4H3;1H2/t25-,26+;/m1./s1. The second kappa shape index (κ2) is 20.9. The summed E-state index contributed by atoms with van der Waals surface area (Å²) in [5.74, 6) is 0. The number of hydrogen-bond acceptors (Lipinski definition) is 6. The maximum absolute atomic E-state index is 12.0. The van der Waals surface area contributed by atoms with E-state index < -0.39 is 7.82 Å². The summed E-state index contributed by atoms with van der Waals surface area (Å²) in [5, 5.41) is 0. The Morgan fingerprint density at radius 2 is 1.31 bits per heavy atom. The van der Waals surface area contributed by atoms with Crippen molar-refractivity contribution in [2.45, 2.75) is 122 Å². The zero-order valence-corrected chi connectivity index (χ0v) is 24.0. The van der Waals surface area contributed by atoms with Gasteiger partial charge in [-0.3, -0.25) is 9.05 Å². The topological polar surface area (TPSA) is 104 Å². The van der Waals surface area contributed by atoms with Crippen LogP contribution in [0.1, 0.15) is 110 Å². The number of ether oxygens (including phenoxy) is 2. The molecule has 1 heterocycles. The largest absolute Gasteiger partial charge is 0.870 e. The quantitative estimate of drug-likeness (QED) is 0.0904. The van der Waals surface area contributed by atoms with E-state index in [0.29, 0.717) is 17.6 Å². The molecule has 0 radical (unpaired) electrons. The first kappa shape index (κ1) is 35.0. The van der Waals surface area contributed by atoms with Crippen LogP contribution in [0.2, 0.25) is 0 Å². The predicted octanol–water partition coefficient (Wildman–Crippen LogP) is 6.65. The molecule has 0 aromatic heterocycles. The molecule has 3 atom stereocenters. The van der Waals surface area contributed by atoms with Crippen LogP contribution in [0.4, 0.5) is 0 Å². The minimum atomic E-state index is -4.05. The van der Waals surface area contributed by atoms with E-state index >= 15 is 0 Å². The monoisotopic (exact) mass is 525 g/mol. The SMILES string of the molecule is CCCCCCCCCCCCCCCCC[C@H]1OC[C@H](COP(=O)(O)OCC[N+](C)(C)C)O1.[OH-]. The molecule has 1 aliphatic heterocycles. The van der Waals surface area contributed by atoms with Gasteiger partial charge in [0.15, 0.2) is 6.29 Å². The number of likely N-dealkylation sites (N-methyl/N-ethyl adjacent to an activating group) is 1. The van der Waals surface area contributed by atoms with Gasteiger partial charge in [0.05, 0.1) is 34.4 Å². The van der Waals surface area contributed by atoms with E-state index in [0.717, 1.165) is 12.8 Å². The summed E-state index contributed by atoms with van der Waals surface area (Å²) in [4.78, 5) is 9.80. The van der Waals surface area contributed by atoms with E-state index in [1.807, 2.05) is 21.1 Å². The Morgan fingerprint density at radius 3 is 1.80 bits per heavy atom. The van der Waals surface area contributed by atoms with Gasteiger partial charge in [0.2, 0.25) is 0 Å². The van der Waals surface area contributed by atoms with Gasteiger partial charge in [-0.05, 0) is 12.8 Å². The van der Waals surface area contributed by atoms with Gasteiger partial charge in [-0.2, -0.15) is 0 Å². The lowest BCUT2D eigenvalue weighted by Crippen LogP contribution is -2.37. The summed E-state index contributed by atoms with van der Waals surface area (Å²) in [7, 11) is 1.94. The van der Waals surface area contributed by atoms with Crippen molar-refractivity contribution < 1.29 is 37.9 Å². The highest BCUT2D eigenvalue weighted by molar-refractivity contribution is 7.47. The molecule has 8 nitrogen and oxygen atoms in total. The zero-order chi connectivity index (χ0) is 25.1. The molecule has 1 rings (SSSR count). The predicted molar refractivity (Wildman–Crippen MR) is 141 cm³/mol. The third kappa shape index (κ3) is 21.7. The first-order valence-corrected chi connectivity index (χ1v) is 15.4. The van der Waals surface area contributed by atoms with E-state index in [4.69, 9.17) is 18.5 Å². The number of phosphoric ester groups is 1. The second-order valence-corrected chi connectivity index (χ2v) is 12.3. The molecule has 1 aliphatic rings. The molecule has 1 unspecified atom stereocenters. The van der Waals surface area contributed by atoms with Crippen LogP contribution in [0.3, 0.4) is 0 Å². The minimum absolute atomic E-state index is 0. The molecule has 0 bridgehead atoms. The number of nitrogens with zero attached hydrogens (tertiary/aromatic N) is 1. The lowest BCUT2D eigenvalue weighted by atomic mass is 10.0. The first-order valence-electron chi connectivity index (χ1n) is 13.9. The highest BCUT2D eigenvalue weighted by atomic mass is 31.2. The number of unbranched alkanes of at least 4 members (excludes halogenated alkanes) is 14. The number of phosphoric acid groups is 1. The lowest BCUT2D eigenvalue weighted by molar-refractivity contribution is -0.870. The van der Waals surface area contributed by atoms with Gasteiger partial charge in [0, 0.05) is 0 Å². The van der Waals surface area contributed by atoms with Crippen LogP contribution >= 0.6 is 7.82 Å². The molecule has 2 N–H and O–H groups in total. The summed E-state index contributed by atoms with van der Waals surface area (Å²) in [6.07, 6.45) is 20.6. The van der Waals surface area contributed by atoms with E-state index in [1.54, 1.807) is 0 Å². The highest BCUT2D eigenvalue weighted by Crippen LogP contribution is 2.43. The van der Waals surface area contributed by atoms with Crippen LogP contribution in [0, 0.1) is 0 Å². The maximum Gasteiger partial charge on any atom is 0.472 e. The molecule has 35 heavy (non-hydrogen) atoms. The van der Waals surface area contributed by atoms with Gasteiger partial charge in [-0.1, -0.05) is 96.8 Å². The van der Waals surface area contributed by atoms with Crippen molar-refractivity contribution in [1.82, 2.24) is 0 Å². The van der Waals surface area contributed by atoms with Gasteiger partial charge >= 0.3 is 7.82 Å². The molecule has 0 saturated carbocycles. The highest BCUT2D eigenvalue weighted by Gasteiger charge is 2.30. The van der Waals surface area contributed by atoms with Crippen molar-refractivity contribution >= 4 is 7.82 Å². The van der Waals surface area contributed by atoms with Crippen LogP contribution < -0.4 is 0 Å². The number of hydrogen-bond donors (Lipinski definition) is 1. The maximum atomic E-state index is 12.0. The van der Waals surface area contributed by atoms with E-state index in [1.165, 1.54) is 89.9 Å². The fourth-order valence-corrected chi connectivity index (χ4v) is 4.82. The van der Waals surface area contributed by atoms with Crippen LogP contribution in [-0.2, 0) is 23.1 Å². The third-order valence-corrected chi connectivity index (χ3v) is 7.28. The van der Waals surface area contributed by atoms with Crippen molar-refractivity contribution in [1.29, 1.82) is 0 Å². The Labute approximate surface area is 215 Å². The Kier molecular flexibility index (Phi) is 20.9. The average Bonchev–Trinajstić information content (AvgIpc) is 3.22. The van der Waals surface area contributed by atoms with Crippen LogP contribution in [-0.4, -0.2) is 74.8 Å². The van der Waals surface area contributed by atoms with Crippen molar-refractivity contribution in [2.24, 2.45) is 0 Å². The zero-order valence-electron chi connectivity index (χ0n) is 23.1. The first-order chi connectivity index (χ1) is 16.2. The molecule has 1 saturated heterocycles. The average molecular weight is 526 g/mol. The normalized spacial score (nSPS) is 20.0. The molecule has 0 aromatic carbocycles.